The predicted octanol–water partition coefficient (Wildman–Crippen LogP) is 3.87. The monoisotopic (exact) mass is 332 g/mol. The Balaban J connectivity index is 2.12. The molecule has 0 aliphatic rings. The molecule has 1 amide bonds. The summed E-state index contributed by atoms with van der Waals surface area (Å²) in [6, 6.07) is 7.06. The number of halogens is 1. The summed E-state index contributed by atoms with van der Waals surface area (Å²) >= 11 is 7.40. The highest BCUT2D eigenvalue weighted by molar-refractivity contribution is 7.13. The van der Waals surface area contributed by atoms with E-state index >= 15 is 0 Å². The lowest BCUT2D eigenvalue weighted by molar-refractivity contribution is -0.112. The van der Waals surface area contributed by atoms with E-state index in [2.05, 4.69) is 15.6 Å². The van der Waals surface area contributed by atoms with Crippen LogP contribution in [-0.4, -0.2) is 10.9 Å². The maximum absolute atomic E-state index is 12.1. The molecular weight excluding hydrogens is 320 g/mol. The van der Waals surface area contributed by atoms with Crippen LogP contribution in [0.5, 0.6) is 0 Å². The van der Waals surface area contributed by atoms with Crippen LogP contribution in [0.2, 0.25) is 5.02 Å². The zero-order chi connectivity index (χ0) is 16.1. The minimum atomic E-state index is -0.506. The van der Waals surface area contributed by atoms with Gasteiger partial charge in [-0.1, -0.05) is 17.7 Å². The van der Waals surface area contributed by atoms with Gasteiger partial charge in [-0.25, -0.2) is 4.98 Å². The van der Waals surface area contributed by atoms with Gasteiger partial charge < -0.3 is 10.6 Å². The van der Waals surface area contributed by atoms with Crippen LogP contribution in [0.15, 0.2) is 35.4 Å². The molecule has 0 saturated carbocycles. The first kappa shape index (κ1) is 16.0. The Morgan fingerprint density at radius 1 is 1.45 bits per heavy atom. The average molecular weight is 333 g/mol. The van der Waals surface area contributed by atoms with Crippen molar-refractivity contribution in [2.24, 2.45) is 0 Å². The maximum atomic E-state index is 12.1. The van der Waals surface area contributed by atoms with Gasteiger partial charge in [-0.15, -0.1) is 11.3 Å². The summed E-state index contributed by atoms with van der Waals surface area (Å²) in [5.74, 6) is -0.506. The van der Waals surface area contributed by atoms with Crippen LogP contribution in [0.3, 0.4) is 0 Å². The molecule has 5 nitrogen and oxygen atoms in total. The predicted molar refractivity (Wildman–Crippen MR) is 89.0 cm³/mol. The normalized spacial score (nSPS) is 10.9. The molecule has 2 rings (SSSR count). The lowest BCUT2D eigenvalue weighted by atomic mass is 10.2. The molecule has 0 atom stereocenters. The second kappa shape index (κ2) is 7.07. The number of carbonyl (C=O) groups is 1. The molecule has 0 bridgehead atoms. The molecule has 1 aromatic heterocycles. The maximum Gasteiger partial charge on any atom is 0.267 e. The summed E-state index contributed by atoms with van der Waals surface area (Å²) in [6.07, 6.45) is 1.34. The van der Waals surface area contributed by atoms with E-state index in [0.29, 0.717) is 15.8 Å². The van der Waals surface area contributed by atoms with E-state index in [0.717, 1.165) is 11.3 Å². The third-order valence-electron chi connectivity index (χ3n) is 2.84. The highest BCUT2D eigenvalue weighted by Crippen LogP contribution is 2.23. The molecule has 0 radical (unpaired) electrons. The number of aryl methyl sites for hydroxylation is 1. The Morgan fingerprint density at radius 2 is 2.23 bits per heavy atom. The van der Waals surface area contributed by atoms with Gasteiger partial charge in [0, 0.05) is 22.3 Å². The van der Waals surface area contributed by atoms with Crippen LogP contribution in [0.4, 0.5) is 10.8 Å². The Morgan fingerprint density at radius 3 is 2.86 bits per heavy atom. The van der Waals surface area contributed by atoms with E-state index in [1.165, 1.54) is 17.5 Å². The number of nitrogens with one attached hydrogen (secondary N) is 2. The summed E-state index contributed by atoms with van der Waals surface area (Å²) in [5, 5.41) is 17.7. The van der Waals surface area contributed by atoms with E-state index < -0.39 is 5.91 Å². The molecule has 2 N–H and O–H groups in total. The van der Waals surface area contributed by atoms with Crippen LogP contribution >= 0.6 is 22.9 Å². The Hall–Kier alpha value is -2.36. The zero-order valence-electron chi connectivity index (χ0n) is 12.0. The van der Waals surface area contributed by atoms with Crippen LogP contribution in [0, 0.1) is 25.2 Å². The quantitative estimate of drug-likeness (QED) is 0.658. The minimum Gasteiger partial charge on any atom is -0.337 e. The van der Waals surface area contributed by atoms with Gasteiger partial charge in [0.1, 0.15) is 11.6 Å². The number of nitrogens with zero attached hydrogens (tertiary/aromatic N) is 2. The third kappa shape index (κ3) is 3.85. The van der Waals surface area contributed by atoms with E-state index in [1.807, 2.05) is 18.4 Å². The fourth-order valence-electron chi connectivity index (χ4n) is 1.64. The van der Waals surface area contributed by atoms with Crippen molar-refractivity contribution in [3.05, 3.63) is 51.6 Å². The molecule has 2 aromatic rings. The fourth-order valence-corrected chi connectivity index (χ4v) is 2.47. The molecule has 0 unspecified atom stereocenters. The summed E-state index contributed by atoms with van der Waals surface area (Å²) in [4.78, 5) is 16.3. The van der Waals surface area contributed by atoms with Crippen LogP contribution < -0.4 is 10.6 Å². The molecule has 7 heteroatoms. The first-order valence-corrected chi connectivity index (χ1v) is 7.62. The Bertz CT molecular complexity index is 776. The Labute approximate surface area is 137 Å². The molecular formula is C15H13ClN4OS. The third-order valence-corrected chi connectivity index (χ3v) is 4.14. The highest BCUT2D eigenvalue weighted by Gasteiger charge is 2.11. The second-order valence-electron chi connectivity index (χ2n) is 4.47. The van der Waals surface area contributed by atoms with Gasteiger partial charge in [0.25, 0.3) is 5.91 Å². The van der Waals surface area contributed by atoms with Crippen LogP contribution in [0.25, 0.3) is 0 Å². The minimum absolute atomic E-state index is 0.0489. The van der Waals surface area contributed by atoms with Crippen molar-refractivity contribution in [1.29, 1.82) is 5.26 Å². The number of benzene rings is 1. The number of hydrogen-bond donors (Lipinski definition) is 2. The SMILES string of the molecule is Cc1csc(N/C=C(/C#N)C(=O)Nc2cccc(Cl)c2C)n1. The van der Waals surface area contributed by atoms with E-state index in [4.69, 9.17) is 16.9 Å². The summed E-state index contributed by atoms with van der Waals surface area (Å²) < 4.78 is 0. The summed E-state index contributed by atoms with van der Waals surface area (Å²) in [7, 11) is 0. The number of carbonyl (C=O) groups excluding carboxylic acids is 1. The van der Waals surface area contributed by atoms with Crippen molar-refractivity contribution in [2.45, 2.75) is 13.8 Å². The van der Waals surface area contributed by atoms with E-state index in [9.17, 15) is 4.79 Å². The molecule has 0 fully saturated rings. The fraction of sp³-hybridized carbons (Fsp3) is 0.133. The van der Waals surface area contributed by atoms with Gasteiger partial charge in [-0.05, 0) is 31.5 Å². The van der Waals surface area contributed by atoms with Crippen molar-refractivity contribution < 1.29 is 4.79 Å². The topological polar surface area (TPSA) is 77.8 Å². The van der Waals surface area contributed by atoms with Crippen molar-refractivity contribution in [1.82, 2.24) is 4.98 Å². The number of rotatable bonds is 4. The standard InChI is InChI=1S/C15H13ClN4OS/c1-9-8-22-15(19-9)18-7-11(6-17)14(21)20-13-5-3-4-12(16)10(13)2/h3-5,7-8H,1-2H3,(H,18,19)(H,20,21)/b11-7-. The number of aromatic nitrogens is 1. The second-order valence-corrected chi connectivity index (χ2v) is 5.74. The summed E-state index contributed by atoms with van der Waals surface area (Å²) in [6.45, 7) is 3.66. The summed E-state index contributed by atoms with van der Waals surface area (Å²) in [5.41, 5.74) is 2.15. The average Bonchev–Trinajstić information content (AvgIpc) is 2.90. The zero-order valence-corrected chi connectivity index (χ0v) is 13.5. The first-order valence-electron chi connectivity index (χ1n) is 6.36. The number of anilines is 2. The molecule has 1 heterocycles. The Kier molecular flexibility index (Phi) is 5.15. The van der Waals surface area contributed by atoms with Crippen LogP contribution in [0.1, 0.15) is 11.3 Å². The number of hydrogen-bond acceptors (Lipinski definition) is 5. The van der Waals surface area contributed by atoms with Crippen molar-refractivity contribution >= 4 is 39.7 Å². The van der Waals surface area contributed by atoms with Gasteiger partial charge in [0.05, 0.1) is 5.69 Å². The van der Waals surface area contributed by atoms with Gasteiger partial charge >= 0.3 is 0 Å². The molecule has 22 heavy (non-hydrogen) atoms. The number of thiazole rings is 1. The number of amides is 1. The largest absolute Gasteiger partial charge is 0.337 e. The first-order chi connectivity index (χ1) is 10.5. The highest BCUT2D eigenvalue weighted by atomic mass is 35.5. The van der Waals surface area contributed by atoms with Gasteiger partial charge in [-0.3, -0.25) is 4.79 Å². The number of nitriles is 1. The molecule has 0 aliphatic heterocycles. The van der Waals surface area contributed by atoms with E-state index in [-0.39, 0.29) is 5.57 Å². The molecule has 0 saturated heterocycles. The van der Waals surface area contributed by atoms with Crippen molar-refractivity contribution in [2.75, 3.05) is 10.6 Å². The molecule has 0 aliphatic carbocycles. The molecule has 112 valence electrons. The van der Waals surface area contributed by atoms with Crippen molar-refractivity contribution in [3.63, 3.8) is 0 Å². The molecule has 0 spiro atoms. The van der Waals surface area contributed by atoms with Gasteiger partial charge in [-0.2, -0.15) is 5.26 Å². The van der Waals surface area contributed by atoms with Crippen LogP contribution in [-0.2, 0) is 4.79 Å². The van der Waals surface area contributed by atoms with Gasteiger partial charge in [0.2, 0.25) is 0 Å². The van der Waals surface area contributed by atoms with Crippen molar-refractivity contribution in [3.8, 4) is 6.07 Å². The van der Waals surface area contributed by atoms with E-state index in [1.54, 1.807) is 25.1 Å². The smallest absolute Gasteiger partial charge is 0.267 e. The lowest BCUT2D eigenvalue weighted by Gasteiger charge is -2.08. The molecule has 1 aromatic carbocycles. The lowest BCUT2D eigenvalue weighted by Crippen LogP contribution is -2.15. The van der Waals surface area contributed by atoms with Gasteiger partial charge in [0.15, 0.2) is 5.13 Å².